The molecule has 1 atom stereocenters. The number of nitrogens with two attached hydrogens (primary N) is 1. The Kier molecular flexibility index (Phi) is 3.11. The van der Waals surface area contributed by atoms with Gasteiger partial charge < -0.3 is 15.7 Å². The van der Waals surface area contributed by atoms with E-state index in [9.17, 15) is 0 Å². The fraction of sp³-hybridized carbons (Fsp3) is 0.500. The molecule has 3 N–H and O–H groups in total. The number of aromatic nitrogens is 1. The number of nitrogens with zero attached hydrogens (tertiary/aromatic N) is 2. The van der Waals surface area contributed by atoms with Gasteiger partial charge in [0.15, 0.2) is 0 Å². The van der Waals surface area contributed by atoms with Gasteiger partial charge in [-0.05, 0) is 22.4 Å². The molecule has 1 aliphatic rings. The van der Waals surface area contributed by atoms with E-state index in [2.05, 4.69) is 25.8 Å². The number of nitrogen functional groups attached to an aromatic ring is 1. The summed E-state index contributed by atoms with van der Waals surface area (Å²) in [5, 5.41) is 9.09. The number of hydrogen-bond acceptors (Lipinski definition) is 4. The molecule has 1 unspecified atom stereocenters. The van der Waals surface area contributed by atoms with Gasteiger partial charge in [-0.25, -0.2) is 0 Å². The molecule has 0 aliphatic carbocycles. The lowest BCUT2D eigenvalue weighted by Crippen LogP contribution is -2.22. The van der Waals surface area contributed by atoms with Gasteiger partial charge >= 0.3 is 0 Å². The van der Waals surface area contributed by atoms with Crippen molar-refractivity contribution in [3.8, 4) is 0 Å². The second kappa shape index (κ2) is 4.37. The first-order chi connectivity index (χ1) is 7.22. The monoisotopic (exact) mass is 271 g/mol. The van der Waals surface area contributed by atoms with Crippen molar-refractivity contribution in [1.82, 2.24) is 4.98 Å². The van der Waals surface area contributed by atoms with Gasteiger partial charge in [-0.3, -0.25) is 4.98 Å². The SMILES string of the molecule is Nc1cncc(Br)c1N1CCC(CO)C1. The zero-order chi connectivity index (χ0) is 10.8. The summed E-state index contributed by atoms with van der Waals surface area (Å²) < 4.78 is 0.918. The summed E-state index contributed by atoms with van der Waals surface area (Å²) in [4.78, 5) is 6.20. The lowest BCUT2D eigenvalue weighted by atomic mass is 10.1. The van der Waals surface area contributed by atoms with Crippen LogP contribution >= 0.6 is 15.9 Å². The van der Waals surface area contributed by atoms with Crippen LogP contribution in [0.3, 0.4) is 0 Å². The molecular weight excluding hydrogens is 258 g/mol. The normalized spacial score (nSPS) is 20.9. The average molecular weight is 272 g/mol. The molecule has 0 aromatic carbocycles. The molecule has 5 heteroatoms. The fourth-order valence-corrected chi connectivity index (χ4v) is 2.56. The quantitative estimate of drug-likeness (QED) is 0.850. The first kappa shape index (κ1) is 10.7. The van der Waals surface area contributed by atoms with Crippen LogP contribution in [-0.4, -0.2) is 29.8 Å². The van der Waals surface area contributed by atoms with E-state index < -0.39 is 0 Å². The highest BCUT2D eigenvalue weighted by molar-refractivity contribution is 9.10. The van der Waals surface area contributed by atoms with Crippen molar-refractivity contribution >= 4 is 27.3 Å². The topological polar surface area (TPSA) is 62.4 Å². The van der Waals surface area contributed by atoms with E-state index in [1.165, 1.54) is 0 Å². The molecule has 82 valence electrons. The molecule has 0 spiro atoms. The largest absolute Gasteiger partial charge is 0.396 e. The van der Waals surface area contributed by atoms with Crippen LogP contribution in [0.1, 0.15) is 6.42 Å². The molecule has 2 heterocycles. The van der Waals surface area contributed by atoms with Gasteiger partial charge in [0, 0.05) is 31.8 Å². The highest BCUT2D eigenvalue weighted by atomic mass is 79.9. The molecule has 1 fully saturated rings. The first-order valence-corrected chi connectivity index (χ1v) is 5.76. The minimum Gasteiger partial charge on any atom is -0.396 e. The Morgan fingerprint density at radius 3 is 3.00 bits per heavy atom. The minimum atomic E-state index is 0.249. The lowest BCUT2D eigenvalue weighted by Gasteiger charge is -2.21. The Labute approximate surface area is 97.2 Å². The molecule has 2 rings (SSSR count). The third kappa shape index (κ3) is 2.08. The summed E-state index contributed by atoms with van der Waals surface area (Å²) in [6.07, 6.45) is 4.43. The molecule has 1 aromatic heterocycles. The number of rotatable bonds is 2. The second-order valence-electron chi connectivity index (χ2n) is 3.84. The summed E-state index contributed by atoms with van der Waals surface area (Å²) in [6, 6.07) is 0. The number of aliphatic hydroxyl groups is 1. The molecular formula is C10H14BrN3O. The zero-order valence-corrected chi connectivity index (χ0v) is 9.94. The smallest absolute Gasteiger partial charge is 0.0776 e. The van der Waals surface area contributed by atoms with Crippen molar-refractivity contribution in [2.24, 2.45) is 5.92 Å². The van der Waals surface area contributed by atoms with Crippen LogP contribution in [0.25, 0.3) is 0 Å². The summed E-state index contributed by atoms with van der Waals surface area (Å²) in [5.41, 5.74) is 7.58. The van der Waals surface area contributed by atoms with E-state index >= 15 is 0 Å². The van der Waals surface area contributed by atoms with Crippen molar-refractivity contribution < 1.29 is 5.11 Å². The van der Waals surface area contributed by atoms with Crippen LogP contribution in [0.15, 0.2) is 16.9 Å². The van der Waals surface area contributed by atoms with Crippen molar-refractivity contribution in [2.45, 2.75) is 6.42 Å². The first-order valence-electron chi connectivity index (χ1n) is 4.97. The van der Waals surface area contributed by atoms with Crippen LogP contribution < -0.4 is 10.6 Å². The van der Waals surface area contributed by atoms with Crippen molar-refractivity contribution in [3.05, 3.63) is 16.9 Å². The molecule has 0 saturated carbocycles. The molecule has 1 aliphatic heterocycles. The van der Waals surface area contributed by atoms with Crippen molar-refractivity contribution in [1.29, 1.82) is 0 Å². The van der Waals surface area contributed by atoms with Gasteiger partial charge in [-0.15, -0.1) is 0 Å². The van der Waals surface area contributed by atoms with Gasteiger partial charge in [-0.2, -0.15) is 0 Å². The van der Waals surface area contributed by atoms with Crippen LogP contribution in [-0.2, 0) is 0 Å². The van der Waals surface area contributed by atoms with Gasteiger partial charge in [-0.1, -0.05) is 0 Å². The Bertz CT molecular complexity index is 338. The molecule has 0 amide bonds. The summed E-state index contributed by atoms with van der Waals surface area (Å²) in [5.74, 6) is 0.365. The Morgan fingerprint density at radius 1 is 1.60 bits per heavy atom. The Hall–Kier alpha value is -0.810. The lowest BCUT2D eigenvalue weighted by molar-refractivity contribution is 0.238. The minimum absolute atomic E-state index is 0.249. The predicted molar refractivity (Wildman–Crippen MR) is 63.8 cm³/mol. The van der Waals surface area contributed by atoms with Crippen molar-refractivity contribution in [2.75, 3.05) is 30.3 Å². The fourth-order valence-electron chi connectivity index (χ4n) is 1.96. The number of halogens is 1. The van der Waals surface area contributed by atoms with Crippen LogP contribution in [0.5, 0.6) is 0 Å². The standard InChI is InChI=1S/C10H14BrN3O/c11-8-3-13-4-9(12)10(8)14-2-1-7(5-14)6-15/h3-4,7,15H,1-2,5-6,12H2. The maximum Gasteiger partial charge on any atom is 0.0776 e. The molecule has 15 heavy (non-hydrogen) atoms. The predicted octanol–water partition coefficient (Wildman–Crippen LogP) is 1.24. The van der Waals surface area contributed by atoms with E-state index in [1.807, 2.05) is 0 Å². The summed E-state index contributed by atoms with van der Waals surface area (Å²) in [6.45, 7) is 2.06. The Balaban J connectivity index is 2.23. The maximum atomic E-state index is 9.09. The van der Waals surface area contributed by atoms with E-state index in [0.717, 1.165) is 29.7 Å². The van der Waals surface area contributed by atoms with E-state index in [1.54, 1.807) is 12.4 Å². The van der Waals surface area contributed by atoms with E-state index in [0.29, 0.717) is 11.6 Å². The number of pyridine rings is 1. The molecule has 0 bridgehead atoms. The van der Waals surface area contributed by atoms with Crippen LogP contribution in [0, 0.1) is 5.92 Å². The maximum absolute atomic E-state index is 9.09. The Morgan fingerprint density at radius 2 is 2.40 bits per heavy atom. The van der Waals surface area contributed by atoms with E-state index in [4.69, 9.17) is 10.8 Å². The van der Waals surface area contributed by atoms with Crippen LogP contribution in [0.4, 0.5) is 11.4 Å². The third-order valence-electron chi connectivity index (χ3n) is 2.76. The summed E-state index contributed by atoms with van der Waals surface area (Å²) in [7, 11) is 0. The van der Waals surface area contributed by atoms with Crippen LogP contribution in [0.2, 0.25) is 0 Å². The van der Waals surface area contributed by atoms with Gasteiger partial charge in [0.2, 0.25) is 0 Å². The van der Waals surface area contributed by atoms with Gasteiger partial charge in [0.05, 0.1) is 22.0 Å². The zero-order valence-electron chi connectivity index (χ0n) is 8.36. The van der Waals surface area contributed by atoms with Gasteiger partial charge in [0.1, 0.15) is 0 Å². The highest BCUT2D eigenvalue weighted by Gasteiger charge is 2.24. The number of aliphatic hydroxyl groups excluding tert-OH is 1. The second-order valence-corrected chi connectivity index (χ2v) is 4.70. The molecule has 4 nitrogen and oxygen atoms in total. The van der Waals surface area contributed by atoms with E-state index in [-0.39, 0.29) is 6.61 Å². The number of anilines is 2. The molecule has 0 radical (unpaired) electrons. The number of hydrogen-bond donors (Lipinski definition) is 2. The highest BCUT2D eigenvalue weighted by Crippen LogP contribution is 2.34. The van der Waals surface area contributed by atoms with Gasteiger partial charge in [0.25, 0.3) is 0 Å². The third-order valence-corrected chi connectivity index (χ3v) is 3.34. The van der Waals surface area contributed by atoms with Crippen molar-refractivity contribution in [3.63, 3.8) is 0 Å². The molecule has 1 aromatic rings. The summed E-state index contributed by atoms with van der Waals surface area (Å²) >= 11 is 3.45. The molecule has 1 saturated heterocycles. The average Bonchev–Trinajstić information content (AvgIpc) is 2.66.